The second-order valence-corrected chi connectivity index (χ2v) is 6.52. The van der Waals surface area contributed by atoms with Crippen LogP contribution >= 0.6 is 12.4 Å². The summed E-state index contributed by atoms with van der Waals surface area (Å²) in [6.07, 6.45) is 4.57. The Hall–Kier alpha value is -2.25. The topological polar surface area (TPSA) is 77.4 Å². The van der Waals surface area contributed by atoms with Crippen molar-refractivity contribution in [3.63, 3.8) is 0 Å². The summed E-state index contributed by atoms with van der Waals surface area (Å²) < 4.78 is 13.3. The van der Waals surface area contributed by atoms with Crippen molar-refractivity contribution >= 4 is 18.3 Å². The van der Waals surface area contributed by atoms with E-state index in [2.05, 4.69) is 15.7 Å². The molecule has 2 atom stereocenters. The van der Waals surface area contributed by atoms with Crippen LogP contribution in [0.3, 0.4) is 0 Å². The Bertz CT molecular complexity index is 793. The quantitative estimate of drug-likeness (QED) is 0.752. The highest BCUT2D eigenvalue weighted by Crippen LogP contribution is 2.35. The number of likely N-dealkylation sites (N-methyl/N-ethyl adjacent to an activating group) is 1. The Morgan fingerprint density at radius 1 is 1.48 bits per heavy atom. The monoisotopic (exact) mass is 394 g/mol. The molecule has 3 rings (SSSR count). The predicted octanol–water partition coefficient (Wildman–Crippen LogP) is 2.14. The number of fused-ring (bicyclic) bond motifs is 1. The fourth-order valence-corrected chi connectivity index (χ4v) is 3.23. The summed E-state index contributed by atoms with van der Waals surface area (Å²) >= 11 is 0. The van der Waals surface area contributed by atoms with Crippen molar-refractivity contribution in [3.05, 3.63) is 41.2 Å². The molecule has 2 heterocycles. The van der Waals surface area contributed by atoms with Gasteiger partial charge in [-0.25, -0.2) is 0 Å². The van der Waals surface area contributed by atoms with Gasteiger partial charge >= 0.3 is 0 Å². The largest absolute Gasteiger partial charge is 0.494 e. The minimum Gasteiger partial charge on any atom is -0.494 e. The van der Waals surface area contributed by atoms with E-state index in [1.807, 2.05) is 39.2 Å². The van der Waals surface area contributed by atoms with E-state index in [9.17, 15) is 4.79 Å². The number of aromatic nitrogens is 2. The maximum atomic E-state index is 12.6. The summed E-state index contributed by atoms with van der Waals surface area (Å²) in [5.41, 5.74) is 2.89. The molecule has 1 amide bonds. The zero-order valence-electron chi connectivity index (χ0n) is 16.1. The van der Waals surface area contributed by atoms with Gasteiger partial charge < -0.3 is 20.1 Å². The number of aryl methyl sites for hydroxylation is 1. The van der Waals surface area contributed by atoms with Gasteiger partial charge in [-0.15, -0.1) is 12.4 Å². The zero-order valence-corrected chi connectivity index (χ0v) is 16.9. The Balaban J connectivity index is 0.00000261. The number of carbonyl (C=O) groups is 1. The van der Waals surface area contributed by atoms with Crippen molar-refractivity contribution < 1.29 is 14.3 Å². The van der Waals surface area contributed by atoms with E-state index in [0.29, 0.717) is 13.2 Å². The molecular formula is C19H27ClN4O3. The molecule has 1 aromatic carbocycles. The third-order valence-electron chi connectivity index (χ3n) is 4.44. The van der Waals surface area contributed by atoms with Crippen molar-refractivity contribution in [1.82, 2.24) is 20.4 Å². The van der Waals surface area contributed by atoms with Gasteiger partial charge in [-0.3, -0.25) is 9.48 Å². The van der Waals surface area contributed by atoms with Crippen molar-refractivity contribution in [3.8, 4) is 11.5 Å². The average Bonchev–Trinajstić information content (AvgIpc) is 3.18. The normalized spacial score (nSPS) is 16.1. The molecule has 27 heavy (non-hydrogen) atoms. The van der Waals surface area contributed by atoms with Gasteiger partial charge in [0.2, 0.25) is 5.91 Å². The van der Waals surface area contributed by atoms with Gasteiger partial charge in [0.05, 0.1) is 12.8 Å². The first-order chi connectivity index (χ1) is 12.5. The molecule has 0 fully saturated rings. The van der Waals surface area contributed by atoms with Crippen molar-refractivity contribution in [2.24, 2.45) is 7.05 Å². The molecule has 7 nitrogen and oxygen atoms in total. The van der Waals surface area contributed by atoms with Crippen LogP contribution in [0, 0.1) is 0 Å². The van der Waals surface area contributed by atoms with Crippen LogP contribution in [0.1, 0.15) is 36.6 Å². The van der Waals surface area contributed by atoms with Crippen LogP contribution in [0.4, 0.5) is 0 Å². The van der Waals surface area contributed by atoms with Crippen LogP contribution < -0.4 is 20.1 Å². The standard InChI is InChI=1S/C19H26N4O3.ClH/c1-5-25-16-7-13-6-12(2)26-17(13)8-14(16)9-21-19(24)18(20-3)15-10-22-23(4)11-15;/h7-8,10-12,18,20H,5-6,9H2,1-4H3,(H,21,24);1H. The summed E-state index contributed by atoms with van der Waals surface area (Å²) in [6, 6.07) is 3.55. The third-order valence-corrected chi connectivity index (χ3v) is 4.44. The van der Waals surface area contributed by atoms with Crippen molar-refractivity contribution in [1.29, 1.82) is 0 Å². The van der Waals surface area contributed by atoms with Gasteiger partial charge in [0.15, 0.2) is 0 Å². The molecule has 0 spiro atoms. The molecule has 2 aromatic rings. The molecule has 148 valence electrons. The number of halogens is 1. The lowest BCUT2D eigenvalue weighted by molar-refractivity contribution is -0.123. The van der Waals surface area contributed by atoms with Gasteiger partial charge in [-0.05, 0) is 33.0 Å². The predicted molar refractivity (Wildman–Crippen MR) is 106 cm³/mol. The van der Waals surface area contributed by atoms with E-state index in [1.165, 1.54) is 0 Å². The maximum Gasteiger partial charge on any atom is 0.242 e. The van der Waals surface area contributed by atoms with Crippen LogP contribution in [0.15, 0.2) is 24.5 Å². The number of nitrogens with one attached hydrogen (secondary N) is 2. The first-order valence-electron chi connectivity index (χ1n) is 8.90. The molecule has 1 aliphatic heterocycles. The fraction of sp³-hybridized carbons (Fsp3) is 0.474. The molecule has 1 aliphatic rings. The molecule has 0 saturated carbocycles. The molecule has 1 aromatic heterocycles. The molecule has 2 N–H and O–H groups in total. The molecule has 0 saturated heterocycles. The number of nitrogens with zero attached hydrogens (tertiary/aromatic N) is 2. The van der Waals surface area contributed by atoms with E-state index >= 15 is 0 Å². The average molecular weight is 395 g/mol. The SMILES string of the molecule is CCOc1cc2c(cc1CNC(=O)C(NC)c1cnn(C)c1)OC(C)C2.Cl. The number of hydrogen-bond acceptors (Lipinski definition) is 5. The molecule has 8 heteroatoms. The third kappa shape index (κ3) is 4.73. The van der Waals surface area contributed by atoms with E-state index in [-0.39, 0.29) is 24.4 Å². The summed E-state index contributed by atoms with van der Waals surface area (Å²) in [7, 11) is 3.58. The van der Waals surface area contributed by atoms with Crippen LogP contribution in [0.25, 0.3) is 0 Å². The first-order valence-corrected chi connectivity index (χ1v) is 8.90. The van der Waals surface area contributed by atoms with E-state index in [0.717, 1.165) is 34.6 Å². The van der Waals surface area contributed by atoms with E-state index in [4.69, 9.17) is 9.47 Å². The highest BCUT2D eigenvalue weighted by Gasteiger charge is 2.23. The van der Waals surface area contributed by atoms with E-state index in [1.54, 1.807) is 17.9 Å². The molecular weight excluding hydrogens is 368 g/mol. The highest BCUT2D eigenvalue weighted by molar-refractivity contribution is 5.85. The Morgan fingerprint density at radius 3 is 2.89 bits per heavy atom. The summed E-state index contributed by atoms with van der Waals surface area (Å²) in [5.74, 6) is 1.56. The minimum absolute atomic E-state index is 0. The number of ether oxygens (including phenoxy) is 2. The van der Waals surface area contributed by atoms with Gasteiger partial charge in [-0.1, -0.05) is 0 Å². The van der Waals surface area contributed by atoms with Gasteiger partial charge in [0.25, 0.3) is 0 Å². The zero-order chi connectivity index (χ0) is 18.7. The fourth-order valence-electron chi connectivity index (χ4n) is 3.23. The molecule has 0 radical (unpaired) electrons. The van der Waals surface area contributed by atoms with Gasteiger partial charge in [0, 0.05) is 42.9 Å². The minimum atomic E-state index is -0.454. The lowest BCUT2D eigenvalue weighted by Crippen LogP contribution is -2.35. The van der Waals surface area contributed by atoms with Crippen LogP contribution in [-0.4, -0.2) is 35.4 Å². The Labute approximate surface area is 165 Å². The summed E-state index contributed by atoms with van der Waals surface area (Å²) in [6.45, 7) is 4.95. The Morgan fingerprint density at radius 2 is 2.26 bits per heavy atom. The van der Waals surface area contributed by atoms with Gasteiger partial charge in [0.1, 0.15) is 23.6 Å². The Kier molecular flexibility index (Phi) is 7.10. The summed E-state index contributed by atoms with van der Waals surface area (Å²) in [4.78, 5) is 12.6. The van der Waals surface area contributed by atoms with Crippen molar-refractivity contribution in [2.45, 2.75) is 39.0 Å². The van der Waals surface area contributed by atoms with Gasteiger partial charge in [-0.2, -0.15) is 5.10 Å². The van der Waals surface area contributed by atoms with Crippen molar-refractivity contribution in [2.75, 3.05) is 13.7 Å². The second-order valence-electron chi connectivity index (χ2n) is 6.52. The smallest absolute Gasteiger partial charge is 0.242 e. The number of amides is 1. The van der Waals surface area contributed by atoms with Crippen LogP contribution in [-0.2, 0) is 24.8 Å². The van der Waals surface area contributed by atoms with E-state index < -0.39 is 6.04 Å². The lowest BCUT2D eigenvalue weighted by Gasteiger charge is -2.17. The summed E-state index contributed by atoms with van der Waals surface area (Å²) in [5, 5.41) is 10.1. The number of rotatable bonds is 7. The van der Waals surface area contributed by atoms with Crippen LogP contribution in [0.5, 0.6) is 11.5 Å². The number of hydrogen-bond donors (Lipinski definition) is 2. The second kappa shape index (κ2) is 9.10. The highest BCUT2D eigenvalue weighted by atomic mass is 35.5. The number of carbonyl (C=O) groups excluding carboxylic acids is 1. The first kappa shape index (κ1) is 21.1. The molecule has 0 bridgehead atoms. The molecule has 2 unspecified atom stereocenters. The molecule has 0 aliphatic carbocycles. The maximum absolute atomic E-state index is 12.6. The van der Waals surface area contributed by atoms with Crippen LogP contribution in [0.2, 0.25) is 0 Å². The number of benzene rings is 1. The lowest BCUT2D eigenvalue weighted by atomic mass is 10.1.